The van der Waals surface area contributed by atoms with Crippen LogP contribution >= 0.6 is 23.2 Å². The molecule has 2 N–H and O–H groups in total. The van der Waals surface area contributed by atoms with Crippen LogP contribution in [0.4, 0.5) is 10.2 Å². The number of hydrogen-bond acceptors (Lipinski definition) is 3. The summed E-state index contributed by atoms with van der Waals surface area (Å²) in [4.78, 5) is 0. The Hall–Kier alpha value is -1.33. The monoisotopic (exact) mass is 288 g/mol. The van der Waals surface area contributed by atoms with Crippen molar-refractivity contribution < 1.29 is 4.39 Å². The summed E-state index contributed by atoms with van der Waals surface area (Å²) in [7, 11) is 0. The Morgan fingerprint density at radius 2 is 1.94 bits per heavy atom. The predicted octanol–water partition coefficient (Wildman–Crippen LogP) is 3.25. The Balaban J connectivity index is 2.55. The van der Waals surface area contributed by atoms with E-state index in [9.17, 15) is 4.39 Å². The molecule has 1 aromatic heterocycles. The zero-order valence-corrected chi connectivity index (χ0v) is 11.1. The van der Waals surface area contributed by atoms with Gasteiger partial charge in [0.25, 0.3) is 0 Å². The van der Waals surface area contributed by atoms with Gasteiger partial charge >= 0.3 is 0 Å². The highest BCUT2D eigenvalue weighted by Crippen LogP contribution is 2.27. The fourth-order valence-corrected chi connectivity index (χ4v) is 2.13. The van der Waals surface area contributed by atoms with Gasteiger partial charge in [-0.25, -0.2) is 9.07 Å². The van der Waals surface area contributed by atoms with Crippen LogP contribution in [-0.2, 0) is 6.42 Å². The number of hydrogen-bond donors (Lipinski definition) is 1. The zero-order valence-electron chi connectivity index (χ0n) is 9.62. The molecule has 96 valence electrons. The van der Waals surface area contributed by atoms with Crippen LogP contribution in [-0.4, -0.2) is 15.0 Å². The van der Waals surface area contributed by atoms with Crippen LogP contribution in [0.5, 0.6) is 0 Å². The van der Waals surface area contributed by atoms with E-state index in [1.165, 1.54) is 16.8 Å². The molecule has 0 aliphatic heterocycles. The van der Waals surface area contributed by atoms with Crippen molar-refractivity contribution in [1.82, 2.24) is 15.0 Å². The summed E-state index contributed by atoms with van der Waals surface area (Å²) in [5.74, 6) is -0.291. The molecule has 0 bridgehead atoms. The molecule has 0 radical (unpaired) electrons. The van der Waals surface area contributed by atoms with E-state index in [0.717, 1.165) is 12.1 Å². The molecule has 0 amide bonds. The summed E-state index contributed by atoms with van der Waals surface area (Å²) < 4.78 is 14.9. The smallest absolute Gasteiger partial charge is 0.169 e. The van der Waals surface area contributed by atoms with Gasteiger partial charge in [-0.15, -0.1) is 5.10 Å². The number of nitrogens with zero attached hydrogens (tertiary/aromatic N) is 3. The predicted molar refractivity (Wildman–Crippen MR) is 69.7 cm³/mol. The Morgan fingerprint density at radius 1 is 1.33 bits per heavy atom. The molecular weight excluding hydrogens is 278 g/mol. The van der Waals surface area contributed by atoms with E-state index < -0.39 is 5.82 Å². The lowest BCUT2D eigenvalue weighted by Crippen LogP contribution is -2.04. The van der Waals surface area contributed by atoms with Gasteiger partial charge in [0.1, 0.15) is 0 Å². The van der Waals surface area contributed by atoms with E-state index in [1.54, 1.807) is 0 Å². The first-order valence-corrected chi connectivity index (χ1v) is 6.15. The van der Waals surface area contributed by atoms with Gasteiger partial charge in [-0.05, 0) is 18.6 Å². The van der Waals surface area contributed by atoms with E-state index in [2.05, 4.69) is 10.3 Å². The molecular formula is C11H11Cl2FN4. The number of nitrogens with two attached hydrogens (primary N) is 1. The third-order valence-corrected chi connectivity index (χ3v) is 3.04. The summed E-state index contributed by atoms with van der Waals surface area (Å²) in [5, 5.41) is 7.60. The molecule has 1 aromatic carbocycles. The van der Waals surface area contributed by atoms with Gasteiger partial charge in [-0.3, -0.25) is 0 Å². The van der Waals surface area contributed by atoms with Gasteiger partial charge in [0.2, 0.25) is 0 Å². The van der Waals surface area contributed by atoms with Crippen molar-refractivity contribution in [3.05, 3.63) is 33.7 Å². The number of rotatable bonds is 3. The van der Waals surface area contributed by atoms with Crippen LogP contribution < -0.4 is 5.73 Å². The summed E-state index contributed by atoms with van der Waals surface area (Å²) in [6, 6.07) is 2.88. The molecule has 2 rings (SSSR count). The first-order chi connectivity index (χ1) is 8.54. The number of halogens is 3. The van der Waals surface area contributed by atoms with Gasteiger partial charge in [-0.2, -0.15) is 0 Å². The van der Waals surface area contributed by atoms with Gasteiger partial charge in [-0.1, -0.05) is 41.8 Å². The average molecular weight is 289 g/mol. The highest BCUT2D eigenvalue weighted by Gasteiger charge is 2.14. The molecule has 0 fully saturated rings. The average Bonchev–Trinajstić information content (AvgIpc) is 2.68. The van der Waals surface area contributed by atoms with E-state index >= 15 is 0 Å². The molecule has 18 heavy (non-hydrogen) atoms. The summed E-state index contributed by atoms with van der Waals surface area (Å²) in [6.07, 6.45) is 1.60. The van der Waals surface area contributed by atoms with Gasteiger partial charge in [0.15, 0.2) is 11.6 Å². The molecule has 4 nitrogen and oxygen atoms in total. The van der Waals surface area contributed by atoms with Gasteiger partial charge in [0.05, 0.1) is 21.4 Å². The molecule has 0 aliphatic carbocycles. The highest BCUT2D eigenvalue weighted by atomic mass is 35.5. The largest absolute Gasteiger partial charge is 0.381 e. The van der Waals surface area contributed by atoms with Crippen LogP contribution in [0.2, 0.25) is 10.0 Å². The molecule has 1 heterocycles. The number of aromatic nitrogens is 3. The van der Waals surface area contributed by atoms with Crippen LogP contribution in [0.1, 0.15) is 19.0 Å². The second kappa shape index (κ2) is 5.12. The van der Waals surface area contributed by atoms with Crippen LogP contribution in [0.15, 0.2) is 12.1 Å². The van der Waals surface area contributed by atoms with Crippen LogP contribution in [0.25, 0.3) is 5.69 Å². The summed E-state index contributed by atoms with van der Waals surface area (Å²) in [5.41, 5.74) is 7.04. The fourth-order valence-electron chi connectivity index (χ4n) is 1.66. The maximum atomic E-state index is 13.3. The van der Waals surface area contributed by atoms with Crippen molar-refractivity contribution in [2.75, 3.05) is 5.73 Å². The maximum Gasteiger partial charge on any atom is 0.169 e. The van der Waals surface area contributed by atoms with Crippen LogP contribution in [0.3, 0.4) is 0 Å². The maximum absolute atomic E-state index is 13.3. The van der Waals surface area contributed by atoms with Crippen molar-refractivity contribution in [2.24, 2.45) is 0 Å². The zero-order chi connectivity index (χ0) is 13.3. The minimum absolute atomic E-state index is 0.0611. The molecule has 7 heteroatoms. The van der Waals surface area contributed by atoms with Gasteiger partial charge < -0.3 is 5.73 Å². The highest BCUT2D eigenvalue weighted by molar-refractivity contribution is 6.35. The lowest BCUT2D eigenvalue weighted by molar-refractivity contribution is 0.627. The first kappa shape index (κ1) is 13.1. The Labute approximate surface area is 113 Å². The third kappa shape index (κ3) is 2.28. The number of anilines is 1. The second-order valence-corrected chi connectivity index (χ2v) is 4.62. The molecule has 0 saturated carbocycles. The molecule has 0 unspecified atom stereocenters. The van der Waals surface area contributed by atoms with Crippen LogP contribution in [0, 0.1) is 5.82 Å². The minimum Gasteiger partial charge on any atom is -0.381 e. The second-order valence-electron chi connectivity index (χ2n) is 3.81. The van der Waals surface area contributed by atoms with E-state index in [-0.39, 0.29) is 10.0 Å². The summed E-state index contributed by atoms with van der Waals surface area (Å²) in [6.45, 7) is 2.02. The normalized spacial score (nSPS) is 10.9. The van der Waals surface area contributed by atoms with Crippen molar-refractivity contribution >= 4 is 29.0 Å². The van der Waals surface area contributed by atoms with Crippen molar-refractivity contribution in [1.29, 1.82) is 0 Å². The molecule has 0 saturated heterocycles. The third-order valence-electron chi connectivity index (χ3n) is 2.49. The Bertz CT molecular complexity index is 559. The lowest BCUT2D eigenvalue weighted by Gasteiger charge is -2.07. The Kier molecular flexibility index (Phi) is 3.73. The van der Waals surface area contributed by atoms with Crippen molar-refractivity contribution in [2.45, 2.75) is 19.8 Å². The molecule has 0 atom stereocenters. The molecule has 2 aromatic rings. The quantitative estimate of drug-likeness (QED) is 0.882. The standard InChI is InChI=1S/C11H11Cl2FN4/c1-2-3-9-11(15)16-17-18(9)6-4-7(12)10(14)8(13)5-6/h4-5H,2-3,15H2,1H3. The van der Waals surface area contributed by atoms with E-state index in [4.69, 9.17) is 28.9 Å². The molecule has 0 spiro atoms. The number of nitrogen functional groups attached to an aromatic ring is 1. The fraction of sp³-hybridized carbons (Fsp3) is 0.273. The SMILES string of the molecule is CCCc1c(N)nnn1-c1cc(Cl)c(F)c(Cl)c1. The minimum atomic E-state index is -0.646. The van der Waals surface area contributed by atoms with E-state index in [1.807, 2.05) is 6.92 Å². The molecule has 0 aliphatic rings. The van der Waals surface area contributed by atoms with Crippen molar-refractivity contribution in [3.8, 4) is 5.69 Å². The summed E-state index contributed by atoms with van der Waals surface area (Å²) >= 11 is 11.5. The number of benzene rings is 1. The van der Waals surface area contributed by atoms with E-state index in [0.29, 0.717) is 17.9 Å². The van der Waals surface area contributed by atoms with Gasteiger partial charge in [0, 0.05) is 0 Å². The first-order valence-electron chi connectivity index (χ1n) is 5.39. The van der Waals surface area contributed by atoms with Crippen molar-refractivity contribution in [3.63, 3.8) is 0 Å². The Morgan fingerprint density at radius 3 is 2.50 bits per heavy atom. The lowest BCUT2D eigenvalue weighted by atomic mass is 10.2. The topological polar surface area (TPSA) is 56.7 Å².